The Labute approximate surface area is 164 Å². The maximum Gasteiger partial charge on any atom is 0.258 e. The lowest BCUT2D eigenvalue weighted by molar-refractivity contribution is 0.102. The van der Waals surface area contributed by atoms with Gasteiger partial charge in [0.25, 0.3) is 5.91 Å². The van der Waals surface area contributed by atoms with Crippen LogP contribution >= 0.6 is 0 Å². The highest BCUT2D eigenvalue weighted by Gasteiger charge is 2.17. The van der Waals surface area contributed by atoms with E-state index in [4.69, 9.17) is 14.2 Å². The van der Waals surface area contributed by atoms with E-state index in [-0.39, 0.29) is 5.91 Å². The van der Waals surface area contributed by atoms with Crippen molar-refractivity contribution in [3.63, 3.8) is 0 Å². The van der Waals surface area contributed by atoms with Crippen molar-refractivity contribution in [2.24, 2.45) is 0 Å². The predicted octanol–water partition coefficient (Wildman–Crippen LogP) is 3.14. The number of benzene rings is 1. The second-order valence-corrected chi connectivity index (χ2v) is 6.54. The molecule has 1 aromatic carbocycles. The van der Waals surface area contributed by atoms with Crippen LogP contribution in [0.2, 0.25) is 0 Å². The summed E-state index contributed by atoms with van der Waals surface area (Å²) in [4.78, 5) is 23.5. The third-order valence-electron chi connectivity index (χ3n) is 4.71. The number of ether oxygens (including phenoxy) is 3. The Hall–Kier alpha value is -3.03. The minimum atomic E-state index is -0.309. The molecule has 0 unspecified atom stereocenters. The summed E-state index contributed by atoms with van der Waals surface area (Å²) in [5.74, 6) is 1.76. The molecule has 1 N–H and O–H groups in total. The lowest BCUT2D eigenvalue weighted by Crippen LogP contribution is -2.26. The minimum absolute atomic E-state index is 0.309. The number of hydrogen-bond acceptors (Lipinski definition) is 7. The van der Waals surface area contributed by atoms with E-state index < -0.39 is 0 Å². The number of carbonyl (C=O) groups is 1. The van der Waals surface area contributed by atoms with E-state index in [1.165, 1.54) is 34.2 Å². The minimum Gasteiger partial charge on any atom is -0.493 e. The molecule has 0 spiro atoms. The Morgan fingerprint density at radius 1 is 0.929 bits per heavy atom. The van der Waals surface area contributed by atoms with Gasteiger partial charge >= 0.3 is 0 Å². The summed E-state index contributed by atoms with van der Waals surface area (Å²) < 4.78 is 15.9. The lowest BCUT2D eigenvalue weighted by Gasteiger charge is -2.19. The Kier molecular flexibility index (Phi) is 6.52. The summed E-state index contributed by atoms with van der Waals surface area (Å²) in [6.45, 7) is 1.91. The predicted molar refractivity (Wildman–Crippen MR) is 107 cm³/mol. The van der Waals surface area contributed by atoms with Crippen molar-refractivity contribution in [1.29, 1.82) is 0 Å². The van der Waals surface area contributed by atoms with Gasteiger partial charge in [0.1, 0.15) is 0 Å². The topological polar surface area (TPSA) is 85.8 Å². The van der Waals surface area contributed by atoms with Gasteiger partial charge in [0.2, 0.25) is 11.7 Å². The van der Waals surface area contributed by atoms with Gasteiger partial charge in [0.15, 0.2) is 11.5 Å². The highest BCUT2D eigenvalue weighted by atomic mass is 16.5. The molecule has 8 heteroatoms. The Bertz CT molecular complexity index is 777. The van der Waals surface area contributed by atoms with Gasteiger partial charge in [-0.05, 0) is 12.8 Å². The molecule has 0 saturated carbocycles. The van der Waals surface area contributed by atoms with Crippen LogP contribution in [0, 0.1) is 0 Å². The number of anilines is 2. The Balaban J connectivity index is 1.74. The average Bonchev–Trinajstić information content (AvgIpc) is 3.02. The van der Waals surface area contributed by atoms with Crippen LogP contribution in [0.1, 0.15) is 36.0 Å². The van der Waals surface area contributed by atoms with Crippen LogP contribution in [0.15, 0.2) is 24.5 Å². The van der Waals surface area contributed by atoms with Crippen molar-refractivity contribution < 1.29 is 19.0 Å². The number of hydrogen-bond donors (Lipinski definition) is 1. The highest BCUT2D eigenvalue weighted by molar-refractivity contribution is 6.04. The van der Waals surface area contributed by atoms with Gasteiger partial charge in [-0.2, -0.15) is 0 Å². The van der Waals surface area contributed by atoms with Crippen molar-refractivity contribution in [3.05, 3.63) is 30.1 Å². The SMILES string of the molecule is COc1cc(NC(=O)c2cnc(N3CCCCCC3)nc2)cc(OC)c1OC. The molecule has 1 aliphatic heterocycles. The molecule has 1 fully saturated rings. The molecule has 0 aliphatic carbocycles. The summed E-state index contributed by atoms with van der Waals surface area (Å²) in [6, 6.07) is 3.34. The number of nitrogens with one attached hydrogen (secondary N) is 1. The fraction of sp³-hybridized carbons (Fsp3) is 0.450. The summed E-state index contributed by atoms with van der Waals surface area (Å²) in [5.41, 5.74) is 0.906. The second-order valence-electron chi connectivity index (χ2n) is 6.54. The molecule has 150 valence electrons. The van der Waals surface area contributed by atoms with Gasteiger partial charge in [-0.25, -0.2) is 9.97 Å². The third kappa shape index (κ3) is 4.44. The normalized spacial score (nSPS) is 14.2. The number of amides is 1. The van der Waals surface area contributed by atoms with Crippen molar-refractivity contribution >= 4 is 17.5 Å². The molecule has 28 heavy (non-hydrogen) atoms. The molecule has 0 bridgehead atoms. The van der Waals surface area contributed by atoms with Crippen LogP contribution in [0.4, 0.5) is 11.6 Å². The molecule has 3 rings (SSSR count). The van der Waals surface area contributed by atoms with E-state index in [2.05, 4.69) is 20.2 Å². The number of nitrogens with zero attached hydrogens (tertiary/aromatic N) is 3. The van der Waals surface area contributed by atoms with E-state index >= 15 is 0 Å². The Morgan fingerprint density at radius 3 is 2.00 bits per heavy atom. The maximum atomic E-state index is 12.6. The number of methoxy groups -OCH3 is 3. The third-order valence-corrected chi connectivity index (χ3v) is 4.71. The fourth-order valence-electron chi connectivity index (χ4n) is 3.23. The van der Waals surface area contributed by atoms with Crippen molar-refractivity contribution in [2.45, 2.75) is 25.7 Å². The summed E-state index contributed by atoms with van der Waals surface area (Å²) in [7, 11) is 4.58. The summed E-state index contributed by atoms with van der Waals surface area (Å²) in [6.07, 6.45) is 7.89. The first-order valence-corrected chi connectivity index (χ1v) is 9.34. The van der Waals surface area contributed by atoms with E-state index in [9.17, 15) is 4.79 Å². The molecule has 8 nitrogen and oxygen atoms in total. The van der Waals surface area contributed by atoms with E-state index in [0.717, 1.165) is 25.9 Å². The molecule has 0 radical (unpaired) electrons. The molecular weight excluding hydrogens is 360 g/mol. The first-order chi connectivity index (χ1) is 13.7. The number of aromatic nitrogens is 2. The largest absolute Gasteiger partial charge is 0.493 e. The molecule has 2 aromatic rings. The monoisotopic (exact) mass is 386 g/mol. The van der Waals surface area contributed by atoms with E-state index in [0.29, 0.717) is 34.4 Å². The van der Waals surface area contributed by atoms with Gasteiger partial charge in [-0.3, -0.25) is 4.79 Å². The zero-order chi connectivity index (χ0) is 19.9. The van der Waals surface area contributed by atoms with Crippen LogP contribution < -0.4 is 24.4 Å². The van der Waals surface area contributed by atoms with Crippen LogP contribution in [0.3, 0.4) is 0 Å². The molecular formula is C20H26N4O4. The number of carbonyl (C=O) groups excluding carboxylic acids is 1. The van der Waals surface area contributed by atoms with Gasteiger partial charge in [-0.1, -0.05) is 12.8 Å². The van der Waals surface area contributed by atoms with Gasteiger partial charge in [-0.15, -0.1) is 0 Å². The van der Waals surface area contributed by atoms with Crippen LogP contribution in [-0.4, -0.2) is 50.3 Å². The van der Waals surface area contributed by atoms with E-state index in [1.54, 1.807) is 24.5 Å². The van der Waals surface area contributed by atoms with E-state index in [1.807, 2.05) is 0 Å². The van der Waals surface area contributed by atoms with Crippen molar-refractivity contribution in [1.82, 2.24) is 9.97 Å². The van der Waals surface area contributed by atoms with Gasteiger partial charge < -0.3 is 24.4 Å². The summed E-state index contributed by atoms with van der Waals surface area (Å²) in [5, 5.41) is 2.82. The zero-order valence-corrected chi connectivity index (χ0v) is 16.5. The maximum absolute atomic E-state index is 12.6. The standard InChI is InChI=1S/C20H26N4O4/c1-26-16-10-15(11-17(27-2)18(16)28-3)23-19(25)14-12-21-20(22-13-14)24-8-6-4-5-7-9-24/h10-13H,4-9H2,1-3H3,(H,23,25). The highest BCUT2D eigenvalue weighted by Crippen LogP contribution is 2.40. The smallest absolute Gasteiger partial charge is 0.258 e. The molecule has 1 saturated heterocycles. The van der Waals surface area contributed by atoms with Gasteiger partial charge in [0, 0.05) is 43.3 Å². The fourth-order valence-corrected chi connectivity index (χ4v) is 3.23. The quantitative estimate of drug-likeness (QED) is 0.816. The van der Waals surface area contributed by atoms with Gasteiger partial charge in [0.05, 0.1) is 26.9 Å². The summed E-state index contributed by atoms with van der Waals surface area (Å²) >= 11 is 0. The van der Waals surface area contributed by atoms with Crippen molar-refractivity contribution in [3.8, 4) is 17.2 Å². The molecule has 1 aromatic heterocycles. The second kappa shape index (κ2) is 9.25. The van der Waals surface area contributed by atoms with Crippen molar-refractivity contribution in [2.75, 3.05) is 44.6 Å². The molecule has 1 aliphatic rings. The van der Waals surface area contributed by atoms with Crippen LogP contribution in [0.5, 0.6) is 17.2 Å². The first-order valence-electron chi connectivity index (χ1n) is 9.34. The average molecular weight is 386 g/mol. The number of rotatable bonds is 6. The molecule has 1 amide bonds. The Morgan fingerprint density at radius 2 is 1.50 bits per heavy atom. The first kappa shape index (κ1) is 19.7. The molecule has 2 heterocycles. The van der Waals surface area contributed by atoms with Crippen LogP contribution in [0.25, 0.3) is 0 Å². The van der Waals surface area contributed by atoms with Crippen LogP contribution in [-0.2, 0) is 0 Å². The lowest BCUT2D eigenvalue weighted by atomic mass is 10.2. The zero-order valence-electron chi connectivity index (χ0n) is 16.5. The molecule has 0 atom stereocenters.